The number of nitrogens with one attached hydrogen (secondary N) is 1. The fourth-order valence-corrected chi connectivity index (χ4v) is 13.2. The summed E-state index contributed by atoms with van der Waals surface area (Å²) in [5.74, 6) is 1.58. The highest BCUT2D eigenvalue weighted by molar-refractivity contribution is 7.92. The zero-order chi connectivity index (χ0) is 49.3. The number of hydrogen-bond acceptors (Lipinski definition) is 14. The molecule has 2 unspecified atom stereocenters. The van der Waals surface area contributed by atoms with Crippen molar-refractivity contribution in [2.45, 2.75) is 75.2 Å². The van der Waals surface area contributed by atoms with Crippen LogP contribution in [-0.2, 0) is 46.2 Å². The molecule has 2 aromatic heterocycles. The summed E-state index contributed by atoms with van der Waals surface area (Å²) in [6, 6.07) is 27.5. The number of sulfonamides is 2. The van der Waals surface area contributed by atoms with Crippen LogP contribution in [0, 0.1) is 5.41 Å². The third kappa shape index (κ3) is 10.4. The summed E-state index contributed by atoms with van der Waals surface area (Å²) < 4.78 is 84.1. The Morgan fingerprint density at radius 1 is 0.841 bits per heavy atom. The van der Waals surface area contributed by atoms with Crippen molar-refractivity contribution < 1.29 is 40.9 Å². The van der Waals surface area contributed by atoms with Gasteiger partial charge in [0.05, 0.1) is 49.7 Å². The van der Waals surface area contributed by atoms with E-state index in [1.54, 1.807) is 79.9 Å². The topological polar surface area (TPSA) is 234 Å². The number of nitrogens with zero attached hydrogens (tertiary/aromatic N) is 7. The van der Waals surface area contributed by atoms with E-state index in [9.17, 15) is 9.90 Å². The van der Waals surface area contributed by atoms with Crippen LogP contribution in [0.2, 0.25) is 0 Å². The van der Waals surface area contributed by atoms with Gasteiger partial charge in [-0.3, -0.25) is 0 Å². The van der Waals surface area contributed by atoms with Gasteiger partial charge in [0.25, 0.3) is 0 Å². The fraction of sp³-hybridized carbons (Fsp3) is 0.312. The second kappa shape index (κ2) is 19.9. The summed E-state index contributed by atoms with van der Waals surface area (Å²) in [4.78, 5) is 18.5. The van der Waals surface area contributed by atoms with Crippen molar-refractivity contribution in [3.05, 3.63) is 125 Å². The third-order valence-electron chi connectivity index (χ3n) is 12.0. The number of carboxylic acid groups (broad SMARTS) is 1. The Bertz CT molecular complexity index is 3140. The molecular weight excluding hydrogens is 943 g/mol. The third-order valence-corrected chi connectivity index (χ3v) is 16.6. The maximum Gasteiger partial charge on any atom is 0.407 e. The lowest BCUT2D eigenvalue weighted by Gasteiger charge is -2.37. The molecule has 4 N–H and O–H groups in total. The minimum absolute atomic E-state index is 0.0590. The maximum absolute atomic E-state index is 16.2. The molecule has 8 rings (SSSR count). The van der Waals surface area contributed by atoms with E-state index in [0.29, 0.717) is 44.5 Å². The van der Waals surface area contributed by atoms with Crippen molar-refractivity contribution in [3.8, 4) is 39.8 Å². The first-order valence-corrected chi connectivity index (χ1v) is 25.6. The molecule has 1 aliphatic heterocycles. The summed E-state index contributed by atoms with van der Waals surface area (Å²) in [6.45, 7) is 5.47. The van der Waals surface area contributed by atoms with Gasteiger partial charge in [0.2, 0.25) is 25.9 Å². The molecule has 0 radical (unpaired) electrons. The Balaban J connectivity index is 1.39. The Kier molecular flexibility index (Phi) is 14.1. The fourth-order valence-electron chi connectivity index (χ4n) is 8.72. The van der Waals surface area contributed by atoms with Gasteiger partial charge in [-0.1, -0.05) is 69.3 Å². The molecule has 5 aromatic carbocycles. The van der Waals surface area contributed by atoms with E-state index in [2.05, 4.69) is 15.0 Å². The number of carbonyl (C=O) groups is 1. The van der Waals surface area contributed by atoms with Gasteiger partial charge in [-0.2, -0.15) is 9.10 Å². The molecule has 0 aliphatic carbocycles. The molecule has 1 aliphatic rings. The normalized spacial score (nSPS) is 15.5. The lowest BCUT2D eigenvalue weighted by Crippen LogP contribution is -2.52. The minimum Gasteiger partial charge on any atom is -0.497 e. The van der Waals surface area contributed by atoms with Crippen LogP contribution in [0.5, 0.6) is 17.2 Å². The number of hydrogen-bond donors (Lipinski definition) is 3. The van der Waals surface area contributed by atoms with Crippen molar-refractivity contribution >= 4 is 47.7 Å². The van der Waals surface area contributed by atoms with Crippen LogP contribution < -0.4 is 24.7 Å². The Morgan fingerprint density at radius 2 is 1.42 bits per heavy atom. The van der Waals surface area contributed by atoms with Crippen LogP contribution in [0.4, 0.5) is 4.79 Å². The summed E-state index contributed by atoms with van der Waals surface area (Å²) in [7, 11) is -5.19. The van der Waals surface area contributed by atoms with Crippen molar-refractivity contribution in [1.29, 1.82) is 0 Å². The number of thiazole rings is 1. The zero-order valence-corrected chi connectivity index (χ0v) is 41.3. The highest BCUT2D eigenvalue weighted by Crippen LogP contribution is 2.43. The number of fused-ring (bicyclic) bond motifs is 1. The number of amides is 1. The number of nitrogens with two attached hydrogens (primary N) is 1. The number of methoxy groups -OCH3 is 3. The molecule has 0 spiro atoms. The first-order chi connectivity index (χ1) is 32.9. The van der Waals surface area contributed by atoms with Gasteiger partial charge < -0.3 is 30.0 Å². The Hall–Kier alpha value is -6.49. The molecule has 2 atom stereocenters. The summed E-state index contributed by atoms with van der Waals surface area (Å²) in [5.41, 5.74) is 8.43. The smallest absolute Gasteiger partial charge is 0.407 e. The average Bonchev–Trinajstić information content (AvgIpc) is 4.10. The zero-order valence-electron chi connectivity index (χ0n) is 38.9. The molecular formula is C48H53N9O9S3. The van der Waals surface area contributed by atoms with E-state index < -0.39 is 53.4 Å². The van der Waals surface area contributed by atoms with E-state index in [1.165, 1.54) is 51.7 Å². The quantitative estimate of drug-likeness (QED) is 0.0835. The summed E-state index contributed by atoms with van der Waals surface area (Å²) in [6.07, 6.45) is -1.06. The predicted octanol–water partition coefficient (Wildman–Crippen LogP) is 6.99. The first kappa shape index (κ1) is 48.9. The average molecular weight is 996 g/mol. The first-order valence-electron chi connectivity index (χ1n) is 21.9. The minimum atomic E-state index is -4.97. The number of aromatic nitrogens is 5. The molecule has 0 saturated carbocycles. The van der Waals surface area contributed by atoms with Crippen molar-refractivity contribution in [2.24, 2.45) is 11.1 Å². The molecule has 7 aromatic rings. The van der Waals surface area contributed by atoms with Gasteiger partial charge >= 0.3 is 6.09 Å². The van der Waals surface area contributed by atoms with Gasteiger partial charge in [0.15, 0.2) is 0 Å². The van der Waals surface area contributed by atoms with Crippen LogP contribution in [0.1, 0.15) is 48.9 Å². The van der Waals surface area contributed by atoms with E-state index in [0.717, 1.165) is 10.3 Å². The number of tetrazole rings is 1. The second-order valence-corrected chi connectivity index (χ2v) is 22.2. The highest BCUT2D eigenvalue weighted by Gasteiger charge is 2.47. The molecule has 1 saturated heterocycles. The number of likely N-dealkylation sites (tertiary alicyclic amines) is 1. The molecule has 362 valence electrons. The monoisotopic (exact) mass is 995 g/mol. The van der Waals surface area contributed by atoms with Crippen LogP contribution in [-0.4, -0.2) is 102 Å². The molecule has 18 nitrogen and oxygen atoms in total. The van der Waals surface area contributed by atoms with Gasteiger partial charge in [-0.25, -0.2) is 31.3 Å². The van der Waals surface area contributed by atoms with Gasteiger partial charge in [0.1, 0.15) is 32.0 Å². The van der Waals surface area contributed by atoms with Crippen molar-refractivity contribution in [1.82, 2.24) is 39.1 Å². The van der Waals surface area contributed by atoms with Crippen LogP contribution in [0.3, 0.4) is 0 Å². The van der Waals surface area contributed by atoms with E-state index in [4.69, 9.17) is 30.0 Å². The number of rotatable bonds is 17. The molecule has 3 heterocycles. The highest BCUT2D eigenvalue weighted by atomic mass is 32.2. The lowest BCUT2D eigenvalue weighted by atomic mass is 9.83. The Morgan fingerprint density at radius 3 is 1.96 bits per heavy atom. The van der Waals surface area contributed by atoms with Crippen LogP contribution in [0.15, 0.2) is 113 Å². The maximum atomic E-state index is 16.2. The standard InChI is InChI=1S/C48H53N9O9S3/c1-48(2,3)45-38(23-24-56(45)47(58)59)53-68(60,61)41-22-20-37(33-13-21-40-39(25-33)50-42(26-49)67-40)43(46-51-54-57(52-46)29-32-11-18-36(66-6)19-12-32)44(41)69(62,63)55(27-30-7-14-34(64-4)15-8-30)28-31-9-16-35(65-5)17-10-31/h7-22,25,38,45,53H,23-24,26-29,49H2,1-6H3,(H,58,59). The molecule has 1 fully saturated rings. The van der Waals surface area contributed by atoms with E-state index in [1.807, 2.05) is 39.0 Å². The van der Waals surface area contributed by atoms with E-state index >= 15 is 16.8 Å². The van der Waals surface area contributed by atoms with E-state index in [-0.39, 0.29) is 56.1 Å². The predicted molar refractivity (Wildman–Crippen MR) is 261 cm³/mol. The summed E-state index contributed by atoms with van der Waals surface area (Å²) >= 11 is 1.42. The van der Waals surface area contributed by atoms with Gasteiger partial charge in [-0.05, 0) is 99.5 Å². The molecule has 0 bridgehead atoms. The van der Waals surface area contributed by atoms with Crippen LogP contribution >= 0.6 is 11.3 Å². The lowest BCUT2D eigenvalue weighted by molar-refractivity contribution is 0.0999. The van der Waals surface area contributed by atoms with Gasteiger partial charge in [-0.15, -0.1) is 21.5 Å². The van der Waals surface area contributed by atoms with Gasteiger partial charge in [0, 0.05) is 32.2 Å². The molecule has 1 amide bonds. The number of benzene rings is 5. The summed E-state index contributed by atoms with van der Waals surface area (Å²) in [5, 5.41) is 24.5. The SMILES string of the molecule is COc1ccc(CN(Cc2ccc(OC)cc2)S(=O)(=O)c2c(S(=O)(=O)NC3CCN(C(=O)O)C3C(C)(C)C)ccc(-c3ccc4sc(CN)nc4c3)c2-c2nnn(Cc3ccc(OC)cc3)n2)cc1. The Labute approximate surface area is 404 Å². The number of ether oxygens (including phenoxy) is 3. The van der Waals surface area contributed by atoms with Crippen LogP contribution in [0.25, 0.3) is 32.7 Å². The molecule has 69 heavy (non-hydrogen) atoms. The van der Waals surface area contributed by atoms with Crippen molar-refractivity contribution in [3.63, 3.8) is 0 Å². The second-order valence-electron chi connectivity index (χ2n) is 17.6. The largest absolute Gasteiger partial charge is 0.497 e. The van der Waals surface area contributed by atoms with Crippen molar-refractivity contribution in [2.75, 3.05) is 27.9 Å². The molecule has 21 heteroatoms.